The second-order valence-electron chi connectivity index (χ2n) is 6.55. The summed E-state index contributed by atoms with van der Waals surface area (Å²) in [6, 6.07) is 18.3. The van der Waals surface area contributed by atoms with Crippen LogP contribution in [-0.2, 0) is 9.59 Å². The molecule has 6 nitrogen and oxygen atoms in total. The molecule has 1 aliphatic heterocycles. The molecule has 0 saturated heterocycles. The van der Waals surface area contributed by atoms with Gasteiger partial charge < -0.3 is 16.4 Å². The molecule has 1 aliphatic rings. The molecule has 0 aliphatic carbocycles. The van der Waals surface area contributed by atoms with Crippen LogP contribution in [0.25, 0.3) is 0 Å². The SMILES string of the molecule is CC1=C(C(=O)Nc2ccccc2)[C@@H](c2ccccc2Cl)C(C#N)=C(SCC(N)=O)N1. The Morgan fingerprint density at radius 1 is 1.20 bits per heavy atom. The molecular weight excluding hydrogens is 420 g/mol. The van der Waals surface area contributed by atoms with E-state index in [1.165, 1.54) is 0 Å². The van der Waals surface area contributed by atoms with Crippen LogP contribution in [0.4, 0.5) is 5.69 Å². The van der Waals surface area contributed by atoms with E-state index in [4.69, 9.17) is 17.3 Å². The molecule has 3 rings (SSSR count). The number of para-hydroxylation sites is 1. The molecule has 1 atom stereocenters. The Morgan fingerprint density at radius 3 is 2.50 bits per heavy atom. The third-order valence-corrected chi connectivity index (χ3v) is 5.88. The molecule has 0 bridgehead atoms. The summed E-state index contributed by atoms with van der Waals surface area (Å²) in [6.45, 7) is 1.75. The van der Waals surface area contributed by atoms with E-state index < -0.39 is 11.8 Å². The number of dihydropyridines is 1. The Morgan fingerprint density at radius 2 is 1.87 bits per heavy atom. The standard InChI is InChI=1S/C22H19ClN4O2S/c1-13-19(21(29)27-14-7-3-2-4-8-14)20(15-9-5-6-10-17(15)23)16(11-24)22(26-13)30-12-18(25)28/h2-10,20,26H,12H2,1H3,(H2,25,28)(H,27,29)/t20-/m0/s1. The van der Waals surface area contributed by atoms with Gasteiger partial charge in [0.25, 0.3) is 5.91 Å². The summed E-state index contributed by atoms with van der Waals surface area (Å²) in [7, 11) is 0. The molecule has 8 heteroatoms. The highest BCUT2D eigenvalue weighted by molar-refractivity contribution is 8.03. The van der Waals surface area contributed by atoms with Crippen molar-refractivity contribution >= 4 is 40.9 Å². The Balaban J connectivity index is 2.09. The third-order valence-electron chi connectivity index (χ3n) is 4.50. The zero-order valence-electron chi connectivity index (χ0n) is 16.1. The topological polar surface area (TPSA) is 108 Å². The van der Waals surface area contributed by atoms with Crippen molar-refractivity contribution < 1.29 is 9.59 Å². The van der Waals surface area contributed by atoms with Crippen molar-refractivity contribution in [1.29, 1.82) is 5.26 Å². The number of anilines is 1. The molecule has 30 heavy (non-hydrogen) atoms. The van der Waals surface area contributed by atoms with Crippen LogP contribution in [0.3, 0.4) is 0 Å². The Hall–Kier alpha value is -3.21. The minimum Gasteiger partial charge on any atom is -0.369 e. The van der Waals surface area contributed by atoms with Crippen LogP contribution in [0, 0.1) is 11.3 Å². The zero-order chi connectivity index (χ0) is 21.7. The van der Waals surface area contributed by atoms with Gasteiger partial charge in [0.05, 0.1) is 28.3 Å². The van der Waals surface area contributed by atoms with E-state index >= 15 is 0 Å². The molecule has 2 aromatic rings. The summed E-state index contributed by atoms with van der Waals surface area (Å²) in [5.41, 5.74) is 7.79. The summed E-state index contributed by atoms with van der Waals surface area (Å²) in [5.74, 6) is -1.54. The molecule has 0 spiro atoms. The van der Waals surface area contributed by atoms with Gasteiger partial charge in [-0.15, -0.1) is 0 Å². The van der Waals surface area contributed by atoms with E-state index in [0.29, 0.717) is 38.1 Å². The lowest BCUT2D eigenvalue weighted by Crippen LogP contribution is -2.31. The molecule has 4 N–H and O–H groups in total. The van der Waals surface area contributed by atoms with Gasteiger partial charge in [-0.2, -0.15) is 5.26 Å². The molecular formula is C22H19ClN4O2S. The first-order valence-corrected chi connectivity index (χ1v) is 10.4. The zero-order valence-corrected chi connectivity index (χ0v) is 17.7. The fraction of sp³-hybridized carbons (Fsp3) is 0.136. The normalized spacial score (nSPS) is 16.0. The number of allylic oxidation sites excluding steroid dienone is 2. The van der Waals surface area contributed by atoms with Crippen molar-refractivity contribution in [1.82, 2.24) is 5.32 Å². The quantitative estimate of drug-likeness (QED) is 0.634. The first-order valence-electron chi connectivity index (χ1n) is 9.06. The number of nitrogens with one attached hydrogen (secondary N) is 2. The summed E-state index contributed by atoms with van der Waals surface area (Å²) in [5, 5.41) is 16.8. The second kappa shape index (κ2) is 9.53. The average molecular weight is 439 g/mol. The van der Waals surface area contributed by atoms with E-state index in [2.05, 4.69) is 16.7 Å². The van der Waals surface area contributed by atoms with Crippen LogP contribution < -0.4 is 16.4 Å². The van der Waals surface area contributed by atoms with Gasteiger partial charge in [0.2, 0.25) is 5.91 Å². The Bertz CT molecular complexity index is 1090. The number of halogens is 1. The van der Waals surface area contributed by atoms with Crippen LogP contribution in [0.2, 0.25) is 5.02 Å². The molecule has 2 aromatic carbocycles. The van der Waals surface area contributed by atoms with Crippen molar-refractivity contribution in [2.24, 2.45) is 5.73 Å². The van der Waals surface area contributed by atoms with Gasteiger partial charge in [0.1, 0.15) is 0 Å². The van der Waals surface area contributed by atoms with Crippen molar-refractivity contribution in [3.8, 4) is 6.07 Å². The van der Waals surface area contributed by atoms with E-state index in [1.54, 1.807) is 43.3 Å². The molecule has 152 valence electrons. The smallest absolute Gasteiger partial charge is 0.254 e. The average Bonchev–Trinajstić information content (AvgIpc) is 2.72. The molecule has 0 radical (unpaired) electrons. The van der Waals surface area contributed by atoms with E-state index in [-0.39, 0.29) is 11.7 Å². The number of nitriles is 1. The van der Waals surface area contributed by atoms with Gasteiger partial charge in [-0.3, -0.25) is 9.59 Å². The number of nitrogens with zero attached hydrogens (tertiary/aromatic N) is 1. The maximum Gasteiger partial charge on any atom is 0.254 e. The van der Waals surface area contributed by atoms with Crippen LogP contribution in [0.1, 0.15) is 18.4 Å². The van der Waals surface area contributed by atoms with Gasteiger partial charge in [-0.05, 0) is 30.7 Å². The summed E-state index contributed by atoms with van der Waals surface area (Å²) < 4.78 is 0. The number of benzene rings is 2. The third kappa shape index (κ3) is 4.67. The van der Waals surface area contributed by atoms with Gasteiger partial charge in [-0.25, -0.2) is 0 Å². The van der Waals surface area contributed by atoms with E-state index in [9.17, 15) is 14.9 Å². The number of hydrogen-bond acceptors (Lipinski definition) is 5. The first kappa shape index (κ1) is 21.5. The highest BCUT2D eigenvalue weighted by Crippen LogP contribution is 2.43. The van der Waals surface area contributed by atoms with Gasteiger partial charge in [-0.1, -0.05) is 59.8 Å². The minimum atomic E-state index is -0.691. The van der Waals surface area contributed by atoms with Crippen LogP contribution in [0.5, 0.6) is 0 Å². The monoisotopic (exact) mass is 438 g/mol. The lowest BCUT2D eigenvalue weighted by molar-refractivity contribution is -0.115. The maximum absolute atomic E-state index is 13.2. The number of carbonyl (C=O) groups excluding carboxylic acids is 2. The van der Waals surface area contributed by atoms with Crippen LogP contribution in [0.15, 0.2) is 76.5 Å². The summed E-state index contributed by atoms with van der Waals surface area (Å²) in [6.07, 6.45) is 0. The van der Waals surface area contributed by atoms with Crippen LogP contribution in [-0.4, -0.2) is 17.6 Å². The Kier molecular flexibility index (Phi) is 6.83. The first-order chi connectivity index (χ1) is 14.4. The fourth-order valence-electron chi connectivity index (χ4n) is 3.21. The number of thioether (sulfide) groups is 1. The second-order valence-corrected chi connectivity index (χ2v) is 7.94. The predicted octanol–water partition coefficient (Wildman–Crippen LogP) is 3.89. The van der Waals surface area contributed by atoms with Gasteiger partial charge >= 0.3 is 0 Å². The van der Waals surface area contributed by atoms with E-state index in [1.807, 2.05) is 18.2 Å². The Labute approximate surface area is 183 Å². The van der Waals surface area contributed by atoms with Crippen molar-refractivity contribution in [3.05, 3.63) is 87.1 Å². The minimum absolute atomic E-state index is 0.00157. The molecule has 2 amide bonds. The number of carbonyl (C=O) groups is 2. The molecule has 0 fully saturated rings. The van der Waals surface area contributed by atoms with Gasteiger partial charge in [0.15, 0.2) is 0 Å². The number of nitrogens with two attached hydrogens (primary N) is 1. The largest absolute Gasteiger partial charge is 0.369 e. The molecule has 0 unspecified atom stereocenters. The fourth-order valence-corrected chi connectivity index (χ4v) is 4.29. The van der Waals surface area contributed by atoms with Crippen LogP contribution >= 0.6 is 23.4 Å². The molecule has 1 heterocycles. The maximum atomic E-state index is 13.2. The summed E-state index contributed by atoms with van der Waals surface area (Å²) >= 11 is 7.57. The predicted molar refractivity (Wildman–Crippen MR) is 119 cm³/mol. The lowest BCUT2D eigenvalue weighted by atomic mass is 9.82. The highest BCUT2D eigenvalue weighted by atomic mass is 35.5. The number of hydrogen-bond donors (Lipinski definition) is 3. The number of amides is 2. The number of rotatable bonds is 6. The molecule has 0 aromatic heterocycles. The highest BCUT2D eigenvalue weighted by Gasteiger charge is 2.35. The lowest BCUT2D eigenvalue weighted by Gasteiger charge is -2.30. The van der Waals surface area contributed by atoms with Crippen molar-refractivity contribution in [2.45, 2.75) is 12.8 Å². The van der Waals surface area contributed by atoms with Crippen molar-refractivity contribution in [3.63, 3.8) is 0 Å². The summed E-state index contributed by atoms with van der Waals surface area (Å²) in [4.78, 5) is 24.5. The number of primary amides is 1. The molecule has 0 saturated carbocycles. The van der Waals surface area contributed by atoms with Crippen molar-refractivity contribution in [2.75, 3.05) is 11.1 Å². The van der Waals surface area contributed by atoms with Gasteiger partial charge in [0, 0.05) is 22.0 Å². The van der Waals surface area contributed by atoms with E-state index in [0.717, 1.165) is 11.8 Å².